The van der Waals surface area contributed by atoms with Gasteiger partial charge >= 0.3 is 0 Å². The molecule has 0 saturated carbocycles. The van der Waals surface area contributed by atoms with E-state index in [0.717, 1.165) is 35.0 Å². The van der Waals surface area contributed by atoms with Gasteiger partial charge in [0.2, 0.25) is 59.1 Å². The summed E-state index contributed by atoms with van der Waals surface area (Å²) in [7, 11) is 0. The Morgan fingerprint density at radius 2 is 1.01 bits per heavy atom. The summed E-state index contributed by atoms with van der Waals surface area (Å²) in [6.45, 7) is 7.53. The van der Waals surface area contributed by atoms with Crippen molar-refractivity contribution in [2.24, 2.45) is 33.8 Å². The van der Waals surface area contributed by atoms with Crippen molar-refractivity contribution in [1.29, 1.82) is 0 Å². The maximum Gasteiger partial charge on any atom is 0.245 e. The number of halogens is 1. The van der Waals surface area contributed by atoms with Gasteiger partial charge in [0, 0.05) is 69.1 Å². The van der Waals surface area contributed by atoms with Crippen molar-refractivity contribution in [3.05, 3.63) is 184 Å². The molecule has 10 amide bonds. The van der Waals surface area contributed by atoms with Gasteiger partial charge in [-0.25, -0.2) is 0 Å². The fourth-order valence-electron chi connectivity index (χ4n) is 12.7. The second-order valence-electron chi connectivity index (χ2n) is 27.3. The molecule has 566 valence electrons. The number of aliphatic hydroxyl groups is 1. The largest absolute Gasteiger partial charge is 0.399 e. The number of aliphatic imine (C=N–C) groups is 1. The minimum absolute atomic E-state index is 0.00309. The number of carbonyl (C=O) groups is 10. The number of anilines is 1. The lowest BCUT2D eigenvalue weighted by Crippen LogP contribution is -2.61. The topological polar surface area (TPSA) is 445 Å². The van der Waals surface area contributed by atoms with Crippen LogP contribution in [0.4, 0.5) is 5.69 Å². The van der Waals surface area contributed by atoms with Crippen LogP contribution in [0.25, 0.3) is 10.8 Å². The predicted octanol–water partition coefficient (Wildman–Crippen LogP) is 1.21. The number of amides is 10. The van der Waals surface area contributed by atoms with Gasteiger partial charge in [-0.2, -0.15) is 0 Å². The normalized spacial score (nSPS) is 16.3. The summed E-state index contributed by atoms with van der Waals surface area (Å²) in [6.07, 6.45) is 0.465. The molecule has 8 rings (SSSR count). The van der Waals surface area contributed by atoms with Crippen LogP contribution in [0.3, 0.4) is 0 Å². The summed E-state index contributed by atoms with van der Waals surface area (Å²) < 4.78 is 5.55. The van der Waals surface area contributed by atoms with Crippen LogP contribution in [-0.2, 0) is 91.3 Å². The van der Waals surface area contributed by atoms with Gasteiger partial charge in [-0.15, -0.1) is 0 Å². The Balaban J connectivity index is 1.05. The number of benzene rings is 6. The summed E-state index contributed by atoms with van der Waals surface area (Å²) in [5, 5.41) is 35.3. The highest BCUT2D eigenvalue weighted by molar-refractivity contribution is 6.30. The molecular formula is C77H99ClN16O12. The molecule has 28 nitrogen and oxygen atoms in total. The number of aliphatic hydroxyl groups excluding tert-OH is 1. The van der Waals surface area contributed by atoms with Gasteiger partial charge < -0.3 is 85.9 Å². The molecule has 0 spiro atoms. The van der Waals surface area contributed by atoms with E-state index in [1.54, 1.807) is 78.9 Å². The lowest BCUT2D eigenvalue weighted by atomic mass is 9.98. The van der Waals surface area contributed by atoms with Crippen molar-refractivity contribution in [2.45, 2.75) is 152 Å². The Labute approximate surface area is 621 Å². The molecule has 2 fully saturated rings. The van der Waals surface area contributed by atoms with Crippen LogP contribution in [0.15, 0.2) is 151 Å². The predicted molar refractivity (Wildman–Crippen MR) is 403 cm³/mol. The van der Waals surface area contributed by atoms with Gasteiger partial charge in [0.1, 0.15) is 54.4 Å². The van der Waals surface area contributed by atoms with Crippen LogP contribution in [0.2, 0.25) is 5.02 Å². The zero-order chi connectivity index (χ0) is 76.4. The fourth-order valence-corrected chi connectivity index (χ4v) is 12.8. The second kappa shape index (κ2) is 40.1. The summed E-state index contributed by atoms with van der Waals surface area (Å²) in [5.41, 5.74) is 33.8. The van der Waals surface area contributed by atoms with Crippen molar-refractivity contribution in [2.75, 3.05) is 51.7 Å². The molecule has 0 aromatic heterocycles. The first-order chi connectivity index (χ1) is 50.8. The average molecular weight is 1480 g/mol. The molecule has 0 radical (unpaired) electrons. The third-order valence-corrected chi connectivity index (χ3v) is 18.8. The molecule has 6 aromatic rings. The number of rotatable bonds is 37. The van der Waals surface area contributed by atoms with Crippen molar-refractivity contribution in [1.82, 2.24) is 52.3 Å². The first kappa shape index (κ1) is 81.2. The number of guanidine groups is 1. The van der Waals surface area contributed by atoms with E-state index in [2.05, 4.69) is 52.4 Å². The quantitative estimate of drug-likeness (QED) is 0.0113. The number of morpholine rings is 1. The van der Waals surface area contributed by atoms with Crippen LogP contribution >= 0.6 is 11.6 Å². The Morgan fingerprint density at radius 1 is 0.538 bits per heavy atom. The third-order valence-electron chi connectivity index (χ3n) is 18.6. The molecule has 0 unspecified atom stereocenters. The summed E-state index contributed by atoms with van der Waals surface area (Å²) in [5.74, 6) is -8.34. The molecule has 10 atom stereocenters. The standard InChI is InChI=1S/C77H99ClN16O12/c1-46(2)38-60(69(98)86-59(18-10-32-84-77(82)83)76(105)94-33-11-19-66(94)75(104)85-47(3)67(81)96)88-71(100)63(40-49-20-22-52(23-21-49)44-93-34-36-106-37-35-93)90-72(101)64(42-51-26-30-56(79)31-27-51)91-74(103)65(45-95)92-73(102)62(39-48-12-5-4-6-13-48)89-70(99)61(41-50-24-28-55(78)29-25-50)87-68(97)58(80)43-54-16-9-15-53-14-7-8-17-57(53)54/h4-9,12-17,20-31,46-47,58-66,95H,10-11,18-19,32-45,79-80H2,1-3H3,(H2,81,96)(H,85,104)(H,86,98)(H,87,97)(H,88,100)(H,89,99)(H,90,101)(H,91,103)(H,92,102)(H4,82,83,84)/t47-,58-,59+,60+,61-,62-,63-,64+,65+,66+/m1/s1. The third kappa shape index (κ3) is 24.8. The molecular weight excluding hydrogens is 1380 g/mol. The molecule has 19 N–H and O–H groups in total. The van der Waals surface area contributed by atoms with E-state index in [9.17, 15) is 43.5 Å². The number of likely N-dealkylation sites (tertiary alicyclic amines) is 1. The molecule has 2 heterocycles. The SMILES string of the molecule is CC(C)C[C@H](NC(=O)[C@@H](Cc1ccc(CN2CCOCC2)cc1)NC(=O)[C@H](Cc1ccc(N)cc1)NC(=O)[C@H](CO)NC(=O)[C@@H](Cc1ccccc1)NC(=O)[C@@H](Cc1ccc(Cl)cc1)NC(=O)[C@H](N)Cc1cccc2ccccc12)C(=O)N[C@@H](CCCN=C(N)N)C(=O)N1CCC[C@H]1C(=O)N[C@H](C)C(N)=O. The number of nitrogen functional groups attached to an aromatic ring is 1. The highest BCUT2D eigenvalue weighted by Crippen LogP contribution is 2.23. The molecule has 0 aliphatic carbocycles. The van der Waals surface area contributed by atoms with Crippen LogP contribution in [0.1, 0.15) is 86.3 Å². The van der Waals surface area contributed by atoms with Gasteiger partial charge in [-0.05, 0) is 120 Å². The van der Waals surface area contributed by atoms with E-state index < -0.39 is 126 Å². The molecule has 0 bridgehead atoms. The van der Waals surface area contributed by atoms with Crippen molar-refractivity contribution in [3.8, 4) is 0 Å². The number of carbonyl (C=O) groups excluding carboxylic acids is 10. The highest BCUT2D eigenvalue weighted by atomic mass is 35.5. The Bertz CT molecular complexity index is 4010. The van der Waals surface area contributed by atoms with Crippen molar-refractivity contribution in [3.63, 3.8) is 0 Å². The highest BCUT2D eigenvalue weighted by Gasteiger charge is 2.40. The van der Waals surface area contributed by atoms with E-state index in [1.165, 1.54) is 11.8 Å². The molecule has 29 heteroatoms. The van der Waals surface area contributed by atoms with Crippen molar-refractivity contribution >= 4 is 93.1 Å². The first-order valence-electron chi connectivity index (χ1n) is 35.7. The Morgan fingerprint density at radius 3 is 1.57 bits per heavy atom. The van der Waals surface area contributed by atoms with Gasteiger partial charge in [0.25, 0.3) is 0 Å². The number of primary amides is 1. The number of nitrogens with one attached hydrogen (secondary N) is 8. The number of nitrogens with zero attached hydrogens (tertiary/aromatic N) is 3. The second-order valence-corrected chi connectivity index (χ2v) is 27.8. The number of ether oxygens (including phenoxy) is 1. The van der Waals surface area contributed by atoms with Crippen LogP contribution in [-0.4, -0.2) is 186 Å². The van der Waals surface area contributed by atoms with Crippen molar-refractivity contribution < 1.29 is 57.8 Å². The van der Waals surface area contributed by atoms with Gasteiger partial charge in [0.05, 0.1) is 25.9 Å². The monoisotopic (exact) mass is 1470 g/mol. The minimum atomic E-state index is -1.77. The zero-order valence-electron chi connectivity index (χ0n) is 60.0. The maximum atomic E-state index is 15.3. The van der Waals surface area contributed by atoms with E-state index in [-0.39, 0.29) is 82.8 Å². The number of nitrogens with two attached hydrogens (primary N) is 5. The number of fused-ring (bicyclic) bond motifs is 1. The van der Waals surface area contributed by atoms with E-state index in [1.807, 2.05) is 80.6 Å². The minimum Gasteiger partial charge on any atom is -0.399 e. The van der Waals surface area contributed by atoms with E-state index >= 15 is 9.59 Å². The smallest absolute Gasteiger partial charge is 0.245 e. The average Bonchev–Trinajstić information content (AvgIpc) is 1.50. The van der Waals surface area contributed by atoms with Gasteiger partial charge in [-0.1, -0.05) is 147 Å². The lowest BCUT2D eigenvalue weighted by Gasteiger charge is -2.31. The number of hydrogen-bond donors (Lipinski definition) is 14. The maximum absolute atomic E-state index is 15.3. The summed E-state index contributed by atoms with van der Waals surface area (Å²) in [4.78, 5) is 152. The summed E-state index contributed by atoms with van der Waals surface area (Å²) in [6, 6.07) is 29.2. The first-order valence-corrected chi connectivity index (χ1v) is 36.1. The van der Waals surface area contributed by atoms with Crippen LogP contribution in [0, 0.1) is 5.92 Å². The van der Waals surface area contributed by atoms with E-state index in [4.69, 9.17) is 45.0 Å². The van der Waals surface area contributed by atoms with Crippen LogP contribution < -0.4 is 71.2 Å². The molecule has 2 aliphatic rings. The lowest BCUT2D eigenvalue weighted by molar-refractivity contribution is -0.142. The van der Waals surface area contributed by atoms with E-state index in [0.29, 0.717) is 59.1 Å². The Hall–Kier alpha value is -10.5. The molecule has 106 heavy (non-hydrogen) atoms. The zero-order valence-corrected chi connectivity index (χ0v) is 60.7. The molecule has 6 aromatic carbocycles. The molecule has 2 saturated heterocycles. The number of hydrogen-bond acceptors (Lipinski definition) is 16. The molecule has 2 aliphatic heterocycles. The van der Waals surface area contributed by atoms with Gasteiger partial charge in [-0.3, -0.25) is 57.8 Å². The summed E-state index contributed by atoms with van der Waals surface area (Å²) >= 11 is 6.25. The van der Waals surface area contributed by atoms with Crippen LogP contribution in [0.5, 0.6) is 0 Å². The fraction of sp³-hybridized carbons (Fsp3) is 0.416. The van der Waals surface area contributed by atoms with Gasteiger partial charge in [0.15, 0.2) is 5.96 Å². The Kier molecular flexibility index (Phi) is 30.7.